The normalized spacial score (nSPS) is 11.0. The Hall–Kier alpha value is -3.06. The molecule has 0 atom stereocenters. The first-order chi connectivity index (χ1) is 12.6. The van der Waals surface area contributed by atoms with E-state index in [9.17, 15) is 9.18 Å². The van der Waals surface area contributed by atoms with Crippen LogP contribution in [0.25, 0.3) is 22.6 Å². The second-order valence-electron chi connectivity index (χ2n) is 5.81. The molecule has 0 N–H and O–H groups in total. The van der Waals surface area contributed by atoms with Gasteiger partial charge in [0.25, 0.3) is 0 Å². The molecule has 0 aliphatic carbocycles. The van der Waals surface area contributed by atoms with E-state index in [1.165, 1.54) is 24.3 Å². The van der Waals surface area contributed by atoms with Crippen LogP contribution in [0.15, 0.2) is 53.9 Å². The van der Waals surface area contributed by atoms with E-state index in [4.69, 9.17) is 0 Å². The van der Waals surface area contributed by atoms with Crippen molar-refractivity contribution >= 4 is 39.1 Å². The number of hydrogen-bond acceptors (Lipinski definition) is 4. The number of halogens is 1. The van der Waals surface area contributed by atoms with Gasteiger partial charge >= 0.3 is 0 Å². The summed E-state index contributed by atoms with van der Waals surface area (Å²) in [6, 6.07) is 14.2. The number of aryl methyl sites for hydroxylation is 1. The zero-order chi connectivity index (χ0) is 18.3. The molecule has 0 spiro atoms. The van der Waals surface area contributed by atoms with E-state index in [0.29, 0.717) is 27.7 Å². The maximum absolute atomic E-state index is 14.0. The average Bonchev–Trinajstić information content (AvgIpc) is 3.22. The average molecular weight is 366 g/mol. The van der Waals surface area contributed by atoms with Crippen molar-refractivity contribution in [1.29, 1.82) is 0 Å². The van der Waals surface area contributed by atoms with Crippen LogP contribution in [0, 0.1) is 5.82 Å². The van der Waals surface area contributed by atoms with Crippen LogP contribution in [0.4, 0.5) is 15.2 Å². The highest BCUT2D eigenvalue weighted by atomic mass is 32.1. The van der Waals surface area contributed by atoms with E-state index in [2.05, 4.69) is 9.97 Å². The number of amides is 1. The Morgan fingerprint density at radius 3 is 2.58 bits per heavy atom. The minimum atomic E-state index is -0.366. The number of benzene rings is 2. The summed E-state index contributed by atoms with van der Waals surface area (Å²) in [7, 11) is 1.82. The van der Waals surface area contributed by atoms with Crippen LogP contribution in [-0.2, 0) is 11.8 Å². The zero-order valence-corrected chi connectivity index (χ0v) is 15.0. The maximum Gasteiger partial charge on any atom is 0.230 e. The third-order valence-electron chi connectivity index (χ3n) is 4.10. The lowest BCUT2D eigenvalue weighted by Gasteiger charge is -2.17. The molecule has 5 nitrogen and oxygen atoms in total. The molecule has 26 heavy (non-hydrogen) atoms. The molecule has 2 aromatic carbocycles. The number of imidazole rings is 1. The first kappa shape index (κ1) is 16.4. The van der Waals surface area contributed by atoms with Gasteiger partial charge in [-0.1, -0.05) is 24.3 Å². The van der Waals surface area contributed by atoms with Gasteiger partial charge in [-0.15, -0.1) is 11.3 Å². The second kappa shape index (κ2) is 6.34. The van der Waals surface area contributed by atoms with E-state index in [1.54, 1.807) is 15.5 Å². The Balaban J connectivity index is 1.80. The van der Waals surface area contributed by atoms with Gasteiger partial charge in [-0.25, -0.2) is 14.4 Å². The fourth-order valence-corrected chi connectivity index (χ4v) is 3.75. The molecular weight excluding hydrogens is 351 g/mol. The molecular formula is C19H15FN4OS. The number of nitrogens with zero attached hydrogens (tertiary/aromatic N) is 4. The highest BCUT2D eigenvalue weighted by molar-refractivity contribution is 7.14. The highest BCUT2D eigenvalue weighted by Crippen LogP contribution is 2.33. The molecule has 2 aromatic heterocycles. The molecule has 0 aliphatic rings. The Morgan fingerprint density at radius 1 is 1.12 bits per heavy atom. The number of hydrogen-bond donors (Lipinski definition) is 0. The van der Waals surface area contributed by atoms with Crippen molar-refractivity contribution < 1.29 is 9.18 Å². The summed E-state index contributed by atoms with van der Waals surface area (Å²) in [5.74, 6) is 0.0618. The van der Waals surface area contributed by atoms with Crippen molar-refractivity contribution in [2.45, 2.75) is 6.92 Å². The van der Waals surface area contributed by atoms with Gasteiger partial charge in [0, 0.05) is 19.4 Å². The largest absolute Gasteiger partial charge is 0.326 e. The van der Waals surface area contributed by atoms with Gasteiger partial charge < -0.3 is 4.57 Å². The summed E-state index contributed by atoms with van der Waals surface area (Å²) >= 11 is 1.35. The van der Waals surface area contributed by atoms with Crippen LogP contribution in [-0.4, -0.2) is 20.4 Å². The molecule has 1 amide bonds. The first-order valence-corrected chi connectivity index (χ1v) is 8.87. The minimum Gasteiger partial charge on any atom is -0.326 e. The monoisotopic (exact) mass is 366 g/mol. The Kier molecular flexibility index (Phi) is 4.00. The van der Waals surface area contributed by atoms with Gasteiger partial charge in [-0.05, 0) is 24.3 Å². The van der Waals surface area contributed by atoms with Crippen molar-refractivity contribution in [3.63, 3.8) is 0 Å². The maximum atomic E-state index is 14.0. The van der Waals surface area contributed by atoms with E-state index in [1.807, 2.05) is 48.8 Å². The van der Waals surface area contributed by atoms with Crippen molar-refractivity contribution in [2.75, 3.05) is 4.90 Å². The van der Waals surface area contributed by atoms with Crippen LogP contribution >= 0.6 is 11.3 Å². The third-order valence-corrected chi connectivity index (χ3v) is 4.93. The van der Waals surface area contributed by atoms with Gasteiger partial charge in [-0.3, -0.25) is 9.69 Å². The van der Waals surface area contributed by atoms with Gasteiger partial charge in [0.1, 0.15) is 11.2 Å². The summed E-state index contributed by atoms with van der Waals surface area (Å²) < 4.78 is 15.8. The number of fused-ring (bicyclic) bond motifs is 1. The van der Waals surface area contributed by atoms with Crippen molar-refractivity contribution in [2.24, 2.45) is 7.05 Å². The number of carbonyl (C=O) groups excluding carboxylic acids is 1. The summed E-state index contributed by atoms with van der Waals surface area (Å²) in [6.45, 7) is 1.50. The molecule has 130 valence electrons. The lowest BCUT2D eigenvalue weighted by Crippen LogP contribution is -2.22. The Labute approximate surface area is 153 Å². The highest BCUT2D eigenvalue weighted by Gasteiger charge is 2.20. The molecule has 4 rings (SSSR count). The summed E-state index contributed by atoms with van der Waals surface area (Å²) in [6.07, 6.45) is 0. The lowest BCUT2D eigenvalue weighted by atomic mass is 10.3. The van der Waals surface area contributed by atoms with Crippen LogP contribution in [0.3, 0.4) is 0 Å². The first-order valence-electron chi connectivity index (χ1n) is 7.99. The van der Waals surface area contributed by atoms with E-state index in [0.717, 1.165) is 5.69 Å². The Bertz CT molecular complexity index is 1100. The summed E-state index contributed by atoms with van der Waals surface area (Å²) in [4.78, 5) is 22.7. The number of aromatic nitrogens is 3. The summed E-state index contributed by atoms with van der Waals surface area (Å²) in [5, 5.41) is 2.37. The standard InChI is InChI=1S/C19H15FN4OS/c1-12(25)24(13-7-4-3-5-8-13)19-21-15(11-26-19)18-22-17-14(20)9-6-10-16(17)23(18)2/h3-11H,1-2H3. The van der Waals surface area contributed by atoms with Gasteiger partial charge in [0.2, 0.25) is 5.91 Å². The number of carbonyl (C=O) groups is 1. The SMILES string of the molecule is CC(=O)N(c1ccccc1)c1nc(-c2nc3c(F)cccc3n2C)cs1. The van der Waals surface area contributed by atoms with Crippen LogP contribution in [0.5, 0.6) is 0 Å². The molecule has 0 aliphatic heterocycles. The quantitative estimate of drug-likeness (QED) is 0.536. The molecule has 2 heterocycles. The number of anilines is 2. The smallest absolute Gasteiger partial charge is 0.230 e. The fraction of sp³-hybridized carbons (Fsp3) is 0.105. The summed E-state index contributed by atoms with van der Waals surface area (Å²) in [5.41, 5.74) is 2.36. The van der Waals surface area contributed by atoms with Crippen molar-refractivity contribution in [3.8, 4) is 11.5 Å². The Morgan fingerprint density at radius 2 is 1.88 bits per heavy atom. The van der Waals surface area contributed by atoms with Gasteiger partial charge in [0.15, 0.2) is 16.8 Å². The van der Waals surface area contributed by atoms with Crippen LogP contribution in [0.1, 0.15) is 6.92 Å². The predicted octanol–water partition coefficient (Wildman–Crippen LogP) is 4.52. The van der Waals surface area contributed by atoms with Gasteiger partial charge in [0.05, 0.1) is 11.2 Å². The van der Waals surface area contributed by atoms with Crippen LogP contribution < -0.4 is 4.90 Å². The van der Waals surface area contributed by atoms with E-state index in [-0.39, 0.29) is 11.7 Å². The van der Waals surface area contributed by atoms with Crippen molar-refractivity contribution in [1.82, 2.24) is 14.5 Å². The molecule has 7 heteroatoms. The topological polar surface area (TPSA) is 51.0 Å². The molecule has 0 saturated carbocycles. The number of rotatable bonds is 3. The number of para-hydroxylation sites is 2. The van der Waals surface area contributed by atoms with E-state index < -0.39 is 0 Å². The fourth-order valence-electron chi connectivity index (χ4n) is 2.88. The van der Waals surface area contributed by atoms with Crippen molar-refractivity contribution in [3.05, 3.63) is 59.7 Å². The predicted molar refractivity (Wildman–Crippen MR) is 101 cm³/mol. The molecule has 0 radical (unpaired) electrons. The lowest BCUT2D eigenvalue weighted by molar-refractivity contribution is -0.115. The third kappa shape index (κ3) is 2.66. The minimum absolute atomic E-state index is 0.131. The zero-order valence-electron chi connectivity index (χ0n) is 14.2. The van der Waals surface area contributed by atoms with Crippen LogP contribution in [0.2, 0.25) is 0 Å². The molecule has 4 aromatic rings. The second-order valence-corrected chi connectivity index (χ2v) is 6.64. The molecule has 0 saturated heterocycles. The van der Waals surface area contributed by atoms with Gasteiger partial charge in [-0.2, -0.15) is 0 Å². The molecule has 0 bridgehead atoms. The molecule has 0 unspecified atom stereocenters. The number of thiazole rings is 1. The van der Waals surface area contributed by atoms with E-state index >= 15 is 0 Å². The molecule has 0 fully saturated rings.